The number of nitrogens with one attached hydrogen (secondary N) is 1. The number of oxazole rings is 1. The van der Waals surface area contributed by atoms with Crippen molar-refractivity contribution in [2.45, 2.75) is 62.5 Å². The summed E-state index contributed by atoms with van der Waals surface area (Å²) in [7, 11) is -2.06. The number of benzene rings is 3. The molecule has 5 aromatic rings. The average molecular weight is 829 g/mol. The van der Waals surface area contributed by atoms with Gasteiger partial charge in [-0.15, -0.1) is 0 Å². The lowest BCUT2D eigenvalue weighted by Gasteiger charge is -2.24. The maximum absolute atomic E-state index is 12.9. The van der Waals surface area contributed by atoms with Gasteiger partial charge in [-0.2, -0.15) is 5.26 Å². The Balaban J connectivity index is 0.991. The van der Waals surface area contributed by atoms with Crippen molar-refractivity contribution in [3.8, 4) is 45.8 Å². The lowest BCUT2D eigenvalue weighted by atomic mass is 9.99. The fourth-order valence-corrected chi connectivity index (χ4v) is 10.5. The number of fused-ring (bicyclic) bond motifs is 2. The molecule has 16 heteroatoms. The van der Waals surface area contributed by atoms with Gasteiger partial charge >= 0.3 is 0 Å². The normalized spacial score (nSPS) is 21.2. The number of sulfonamides is 1. The van der Waals surface area contributed by atoms with E-state index in [9.17, 15) is 23.6 Å². The number of hydrogen-bond acceptors (Lipinski definition) is 12. The van der Waals surface area contributed by atoms with Crippen LogP contribution in [0.25, 0.3) is 44.9 Å². The van der Waals surface area contributed by atoms with Crippen LogP contribution in [0.1, 0.15) is 60.5 Å². The fraction of sp³-hybridized carbons (Fsp3) is 0.390. The third-order valence-corrected chi connectivity index (χ3v) is 14.3. The molecule has 0 bridgehead atoms. The number of nitrogens with zero attached hydrogens (tertiary/aromatic N) is 6. The van der Waals surface area contributed by atoms with Crippen LogP contribution in [-0.4, -0.2) is 88.8 Å². The third-order valence-electron chi connectivity index (χ3n) is 11.6. The fourth-order valence-electron chi connectivity index (χ4n) is 8.52. The van der Waals surface area contributed by atoms with Gasteiger partial charge in [-0.3, -0.25) is 24.3 Å². The van der Waals surface area contributed by atoms with E-state index < -0.39 is 27.1 Å². The Morgan fingerprint density at radius 1 is 1.02 bits per heavy atom. The second-order valence-electron chi connectivity index (χ2n) is 15.3. The summed E-state index contributed by atoms with van der Waals surface area (Å²) in [5.41, 5.74) is 6.87. The zero-order valence-corrected chi connectivity index (χ0v) is 33.4. The van der Waals surface area contributed by atoms with Crippen molar-refractivity contribution >= 4 is 50.2 Å². The van der Waals surface area contributed by atoms with Crippen molar-refractivity contribution in [3.05, 3.63) is 81.1 Å². The second kappa shape index (κ2) is 15.0. The molecule has 9 rings (SSSR count). The summed E-state index contributed by atoms with van der Waals surface area (Å²) in [5, 5.41) is 20.7. The van der Waals surface area contributed by atoms with E-state index in [4.69, 9.17) is 42.3 Å². The topological polar surface area (TPSA) is 175 Å². The van der Waals surface area contributed by atoms with E-state index in [2.05, 4.69) is 25.6 Å². The molecule has 2 saturated heterocycles. The Kier molecular flexibility index (Phi) is 9.95. The SMILES string of the molecule is COc1nc(-c2cccc(-c3cccc(-c4nc5cc6c(c(C#N)c5o4)CC[C@H]6N4CC[C@@H](C(=O)NS(=O)(=O)C5CC5)C4)c3Cl)c2Cl)cnc1CN1CC[C@@H](O)C1. The molecule has 2 aliphatic heterocycles. The minimum Gasteiger partial charge on any atom is -0.480 e. The summed E-state index contributed by atoms with van der Waals surface area (Å²) in [5.74, 6) is -0.231. The first-order chi connectivity index (χ1) is 27.5. The molecule has 1 amide bonds. The first kappa shape index (κ1) is 37.9. The van der Waals surface area contributed by atoms with Crippen LogP contribution < -0.4 is 9.46 Å². The molecule has 0 unspecified atom stereocenters. The number of likely N-dealkylation sites (tertiary alicyclic amines) is 2. The predicted molar refractivity (Wildman–Crippen MR) is 214 cm³/mol. The lowest BCUT2D eigenvalue weighted by Crippen LogP contribution is -2.38. The minimum atomic E-state index is -3.61. The highest BCUT2D eigenvalue weighted by molar-refractivity contribution is 7.90. The Labute approximate surface area is 339 Å². The largest absolute Gasteiger partial charge is 0.480 e. The van der Waals surface area contributed by atoms with Crippen LogP contribution in [0.3, 0.4) is 0 Å². The maximum Gasteiger partial charge on any atom is 0.237 e. The predicted octanol–water partition coefficient (Wildman–Crippen LogP) is 6.29. The van der Waals surface area contributed by atoms with Gasteiger partial charge in [-0.05, 0) is 68.3 Å². The quantitative estimate of drug-likeness (QED) is 0.161. The van der Waals surface area contributed by atoms with Gasteiger partial charge < -0.3 is 14.3 Å². The number of aromatic nitrogens is 3. The Hall–Kier alpha value is -4.62. The van der Waals surface area contributed by atoms with Crippen molar-refractivity contribution in [1.29, 1.82) is 5.26 Å². The van der Waals surface area contributed by atoms with Gasteiger partial charge in [0.15, 0.2) is 5.58 Å². The van der Waals surface area contributed by atoms with Crippen LogP contribution in [0.5, 0.6) is 5.88 Å². The first-order valence-electron chi connectivity index (χ1n) is 19.1. The first-order valence-corrected chi connectivity index (χ1v) is 21.4. The van der Waals surface area contributed by atoms with Crippen LogP contribution in [-0.2, 0) is 27.8 Å². The lowest BCUT2D eigenvalue weighted by molar-refractivity contribution is -0.122. The molecule has 0 radical (unpaired) electrons. The van der Waals surface area contributed by atoms with Crippen molar-refractivity contribution in [3.63, 3.8) is 0 Å². The average Bonchev–Trinajstić information content (AvgIpc) is 3.47. The highest BCUT2D eigenvalue weighted by Gasteiger charge is 2.41. The standard InChI is InChI=1S/C41H39Cl2N7O6S/c1-55-41-34(21-49-14-13-23(51)20-49)45-18-33(47-41)28-6-2-4-26(36(28)42)27-5-3-7-29(37(27)43)40-46-32-16-30-25(31(17-44)38(32)56-40)10-11-35(30)50-15-12-22(19-50)39(52)48-57(53,54)24-8-9-24/h2-7,16,18,22-24,35,51H,8-15,19-21H2,1H3,(H,48,52)/t22-,23-,35-/m1/s1. The molecular formula is C41H39Cl2N7O6S. The summed E-state index contributed by atoms with van der Waals surface area (Å²) in [6.07, 6.45) is 5.20. The monoisotopic (exact) mass is 827 g/mol. The van der Waals surface area contributed by atoms with Gasteiger partial charge in [0.05, 0.1) is 51.9 Å². The van der Waals surface area contributed by atoms with E-state index in [0.29, 0.717) is 118 Å². The number of hydrogen-bond donors (Lipinski definition) is 2. The smallest absolute Gasteiger partial charge is 0.237 e. The van der Waals surface area contributed by atoms with Gasteiger partial charge in [0.2, 0.25) is 27.7 Å². The molecule has 4 heterocycles. The van der Waals surface area contributed by atoms with Crippen LogP contribution >= 0.6 is 23.2 Å². The molecule has 2 N–H and O–H groups in total. The molecule has 294 valence electrons. The summed E-state index contributed by atoms with van der Waals surface area (Å²) < 4.78 is 39.1. The van der Waals surface area contributed by atoms with E-state index >= 15 is 0 Å². The highest BCUT2D eigenvalue weighted by Crippen LogP contribution is 2.46. The van der Waals surface area contributed by atoms with Crippen molar-refractivity contribution < 1.29 is 27.5 Å². The number of β-amino-alcohol motifs (C(OH)–C–C–N with tert-alkyl or cyclic N) is 1. The van der Waals surface area contributed by atoms with Crippen LogP contribution in [0.15, 0.2) is 53.1 Å². The summed E-state index contributed by atoms with van der Waals surface area (Å²) >= 11 is 14.3. The van der Waals surface area contributed by atoms with Crippen molar-refractivity contribution in [2.24, 2.45) is 5.92 Å². The van der Waals surface area contributed by atoms with E-state index in [-0.39, 0.29) is 18.0 Å². The number of halogens is 2. The number of methoxy groups -OCH3 is 1. The maximum atomic E-state index is 12.9. The summed E-state index contributed by atoms with van der Waals surface area (Å²) in [4.78, 5) is 31.5. The molecule has 2 aromatic heterocycles. The van der Waals surface area contributed by atoms with E-state index in [0.717, 1.165) is 30.5 Å². The number of nitriles is 1. The van der Waals surface area contributed by atoms with Gasteiger partial charge in [0.25, 0.3) is 0 Å². The van der Waals surface area contributed by atoms with Gasteiger partial charge in [0.1, 0.15) is 22.8 Å². The molecular weight excluding hydrogens is 789 g/mol. The molecule has 3 atom stereocenters. The number of amides is 1. The molecule has 2 aliphatic carbocycles. The summed E-state index contributed by atoms with van der Waals surface area (Å²) in [6, 6.07) is 15.4. The van der Waals surface area contributed by atoms with Crippen LogP contribution in [0.4, 0.5) is 0 Å². The van der Waals surface area contributed by atoms with E-state index in [1.165, 1.54) is 0 Å². The zero-order chi connectivity index (χ0) is 39.6. The molecule has 1 saturated carbocycles. The number of aliphatic hydroxyl groups excluding tert-OH is 1. The van der Waals surface area contributed by atoms with Crippen molar-refractivity contribution in [2.75, 3.05) is 33.3 Å². The molecule has 3 aromatic carbocycles. The molecule has 13 nitrogen and oxygen atoms in total. The number of rotatable bonds is 10. The number of carbonyl (C=O) groups is 1. The Morgan fingerprint density at radius 2 is 1.75 bits per heavy atom. The highest BCUT2D eigenvalue weighted by atomic mass is 35.5. The molecule has 4 aliphatic rings. The summed E-state index contributed by atoms with van der Waals surface area (Å²) in [6.45, 7) is 2.92. The molecule has 57 heavy (non-hydrogen) atoms. The van der Waals surface area contributed by atoms with Crippen LogP contribution in [0.2, 0.25) is 10.0 Å². The number of carbonyl (C=O) groups excluding carboxylic acids is 1. The number of ether oxygens (including phenoxy) is 1. The van der Waals surface area contributed by atoms with Crippen molar-refractivity contribution in [1.82, 2.24) is 29.5 Å². The van der Waals surface area contributed by atoms with Gasteiger partial charge in [0, 0.05) is 48.9 Å². The Bertz CT molecular complexity index is 2590. The minimum absolute atomic E-state index is 0.0456. The number of aliphatic hydroxyl groups is 1. The van der Waals surface area contributed by atoms with Gasteiger partial charge in [-0.1, -0.05) is 53.5 Å². The van der Waals surface area contributed by atoms with Crippen LogP contribution in [0, 0.1) is 17.2 Å². The Morgan fingerprint density at radius 3 is 2.46 bits per heavy atom. The molecule has 0 spiro atoms. The van der Waals surface area contributed by atoms with E-state index in [1.54, 1.807) is 13.3 Å². The van der Waals surface area contributed by atoms with E-state index in [1.807, 2.05) is 42.5 Å². The van der Waals surface area contributed by atoms with Gasteiger partial charge in [-0.25, -0.2) is 18.4 Å². The second-order valence-corrected chi connectivity index (χ2v) is 18.0. The third kappa shape index (κ3) is 7.04. The molecule has 3 fully saturated rings. The zero-order valence-electron chi connectivity index (χ0n) is 31.0.